The molecule has 0 bridgehead atoms. The van der Waals surface area contributed by atoms with E-state index in [1.54, 1.807) is 25.3 Å². The van der Waals surface area contributed by atoms with Crippen LogP contribution >= 0.6 is 0 Å². The molecule has 0 aliphatic rings. The fourth-order valence-electron chi connectivity index (χ4n) is 2.36. The lowest BCUT2D eigenvalue weighted by molar-refractivity contribution is -0.121. The number of nitrogens with zero attached hydrogens (tertiary/aromatic N) is 2. The van der Waals surface area contributed by atoms with E-state index >= 15 is 0 Å². The fourth-order valence-corrected chi connectivity index (χ4v) is 2.36. The van der Waals surface area contributed by atoms with Gasteiger partial charge in [-0.2, -0.15) is 0 Å². The van der Waals surface area contributed by atoms with Crippen molar-refractivity contribution in [2.45, 2.75) is 19.3 Å². The van der Waals surface area contributed by atoms with E-state index in [1.807, 2.05) is 0 Å². The average Bonchev–Trinajstić information content (AvgIpc) is 2.69. The van der Waals surface area contributed by atoms with Crippen LogP contribution in [0.2, 0.25) is 0 Å². The Balaban J connectivity index is 2.03. The van der Waals surface area contributed by atoms with Gasteiger partial charge in [-0.3, -0.25) is 9.59 Å². The zero-order chi connectivity index (χ0) is 19.6. The first-order chi connectivity index (χ1) is 13.1. The van der Waals surface area contributed by atoms with Crippen molar-refractivity contribution in [1.29, 1.82) is 0 Å². The molecule has 1 amide bonds. The van der Waals surface area contributed by atoms with Crippen molar-refractivity contribution < 1.29 is 19.0 Å². The number of rotatable bonds is 10. The number of aromatic nitrogens is 3. The van der Waals surface area contributed by atoms with Crippen molar-refractivity contribution in [3.8, 4) is 22.9 Å². The number of hydrogen-bond donors (Lipinski definition) is 2. The summed E-state index contributed by atoms with van der Waals surface area (Å²) in [5.41, 5.74) is 0.438. The Labute approximate surface area is 157 Å². The SMILES string of the molecule is COCCCNC(=O)CCc1nnc(-c2cc(OC)cc(OC)c2)[nH]c1=O. The summed E-state index contributed by atoms with van der Waals surface area (Å²) in [4.78, 5) is 26.7. The van der Waals surface area contributed by atoms with Crippen LogP contribution in [0.5, 0.6) is 11.5 Å². The maximum absolute atomic E-state index is 12.3. The van der Waals surface area contributed by atoms with Crippen LogP contribution in [0.1, 0.15) is 18.5 Å². The van der Waals surface area contributed by atoms with Crippen LogP contribution in [-0.2, 0) is 16.0 Å². The van der Waals surface area contributed by atoms with E-state index in [0.717, 1.165) is 6.42 Å². The normalized spacial score (nSPS) is 10.5. The van der Waals surface area contributed by atoms with Crippen molar-refractivity contribution in [3.63, 3.8) is 0 Å². The number of methoxy groups -OCH3 is 3. The number of H-pyrrole nitrogens is 1. The number of hydrogen-bond acceptors (Lipinski definition) is 7. The molecule has 0 unspecified atom stereocenters. The summed E-state index contributed by atoms with van der Waals surface area (Å²) in [6, 6.07) is 5.15. The largest absolute Gasteiger partial charge is 0.497 e. The van der Waals surface area contributed by atoms with Crippen molar-refractivity contribution >= 4 is 5.91 Å². The summed E-state index contributed by atoms with van der Waals surface area (Å²) in [7, 11) is 4.69. The van der Waals surface area contributed by atoms with Crippen LogP contribution in [0.15, 0.2) is 23.0 Å². The maximum Gasteiger partial charge on any atom is 0.273 e. The van der Waals surface area contributed by atoms with Gasteiger partial charge in [0.25, 0.3) is 5.56 Å². The lowest BCUT2D eigenvalue weighted by Gasteiger charge is -2.08. The number of aryl methyl sites for hydroxylation is 1. The van der Waals surface area contributed by atoms with E-state index < -0.39 is 0 Å². The van der Waals surface area contributed by atoms with Crippen molar-refractivity contribution in [2.75, 3.05) is 34.5 Å². The highest BCUT2D eigenvalue weighted by Crippen LogP contribution is 2.27. The lowest BCUT2D eigenvalue weighted by Crippen LogP contribution is -2.27. The first-order valence-electron chi connectivity index (χ1n) is 8.52. The van der Waals surface area contributed by atoms with Crippen molar-refractivity contribution in [2.24, 2.45) is 0 Å². The van der Waals surface area contributed by atoms with E-state index in [4.69, 9.17) is 14.2 Å². The maximum atomic E-state index is 12.3. The Morgan fingerprint density at radius 2 is 1.81 bits per heavy atom. The molecule has 1 aromatic carbocycles. The fraction of sp³-hybridized carbons (Fsp3) is 0.444. The van der Waals surface area contributed by atoms with Gasteiger partial charge in [-0.1, -0.05) is 0 Å². The zero-order valence-electron chi connectivity index (χ0n) is 15.7. The third-order valence-electron chi connectivity index (χ3n) is 3.83. The first-order valence-corrected chi connectivity index (χ1v) is 8.52. The minimum absolute atomic E-state index is 0.145. The van der Waals surface area contributed by atoms with E-state index in [9.17, 15) is 9.59 Å². The highest BCUT2D eigenvalue weighted by Gasteiger charge is 2.11. The Bertz CT molecular complexity index is 799. The van der Waals surface area contributed by atoms with E-state index in [2.05, 4.69) is 20.5 Å². The molecule has 0 aliphatic heterocycles. The molecule has 0 saturated carbocycles. The molecule has 2 aromatic rings. The number of amides is 1. The highest BCUT2D eigenvalue weighted by atomic mass is 16.5. The molecular weight excluding hydrogens is 352 g/mol. The van der Waals surface area contributed by atoms with Crippen LogP contribution in [0.4, 0.5) is 0 Å². The van der Waals surface area contributed by atoms with Gasteiger partial charge in [-0.25, -0.2) is 0 Å². The Morgan fingerprint density at radius 3 is 2.41 bits per heavy atom. The molecule has 0 atom stereocenters. The van der Waals surface area contributed by atoms with Gasteiger partial charge in [-0.15, -0.1) is 10.2 Å². The van der Waals surface area contributed by atoms with Crippen LogP contribution < -0.4 is 20.3 Å². The van der Waals surface area contributed by atoms with Gasteiger partial charge in [0, 0.05) is 44.7 Å². The van der Waals surface area contributed by atoms with Gasteiger partial charge >= 0.3 is 0 Å². The van der Waals surface area contributed by atoms with E-state index in [0.29, 0.717) is 36.0 Å². The molecule has 2 rings (SSSR count). The molecule has 0 saturated heterocycles. The summed E-state index contributed by atoms with van der Waals surface area (Å²) >= 11 is 0. The van der Waals surface area contributed by atoms with Gasteiger partial charge < -0.3 is 24.5 Å². The molecule has 146 valence electrons. The van der Waals surface area contributed by atoms with Crippen molar-refractivity contribution in [1.82, 2.24) is 20.5 Å². The second kappa shape index (κ2) is 10.3. The lowest BCUT2D eigenvalue weighted by atomic mass is 10.2. The van der Waals surface area contributed by atoms with Crippen molar-refractivity contribution in [3.05, 3.63) is 34.2 Å². The quantitative estimate of drug-likeness (QED) is 0.593. The minimum atomic E-state index is -0.381. The smallest absolute Gasteiger partial charge is 0.273 e. The minimum Gasteiger partial charge on any atom is -0.497 e. The van der Waals surface area contributed by atoms with Crippen LogP contribution in [-0.4, -0.2) is 55.6 Å². The van der Waals surface area contributed by atoms with Gasteiger partial charge in [-0.05, 0) is 18.6 Å². The topological polar surface area (TPSA) is 115 Å². The summed E-state index contributed by atoms with van der Waals surface area (Å²) in [6.07, 6.45) is 1.11. The number of carbonyl (C=O) groups is 1. The molecule has 0 aliphatic carbocycles. The summed E-state index contributed by atoms with van der Waals surface area (Å²) in [5.74, 6) is 1.29. The Morgan fingerprint density at radius 1 is 1.11 bits per heavy atom. The third kappa shape index (κ3) is 6.07. The number of aromatic amines is 1. The van der Waals surface area contributed by atoms with E-state index in [1.165, 1.54) is 14.2 Å². The van der Waals surface area contributed by atoms with Gasteiger partial charge in [0.15, 0.2) is 5.82 Å². The first kappa shape index (κ1) is 20.4. The number of nitrogens with one attached hydrogen (secondary N) is 2. The average molecular weight is 376 g/mol. The monoisotopic (exact) mass is 376 g/mol. The second-order valence-electron chi connectivity index (χ2n) is 5.75. The molecule has 0 spiro atoms. The van der Waals surface area contributed by atoms with Crippen LogP contribution in [0.3, 0.4) is 0 Å². The van der Waals surface area contributed by atoms with Gasteiger partial charge in [0.2, 0.25) is 5.91 Å². The Hall–Kier alpha value is -2.94. The van der Waals surface area contributed by atoms with E-state index in [-0.39, 0.29) is 30.0 Å². The summed E-state index contributed by atoms with van der Waals surface area (Å²) in [5, 5.41) is 10.8. The number of benzene rings is 1. The third-order valence-corrected chi connectivity index (χ3v) is 3.83. The molecule has 0 fully saturated rings. The predicted molar refractivity (Wildman–Crippen MR) is 99.0 cm³/mol. The highest BCUT2D eigenvalue weighted by molar-refractivity contribution is 5.76. The van der Waals surface area contributed by atoms with Crippen LogP contribution in [0.25, 0.3) is 11.4 Å². The molecule has 9 heteroatoms. The molecule has 1 aromatic heterocycles. The number of carbonyl (C=O) groups excluding carboxylic acids is 1. The molecule has 2 N–H and O–H groups in total. The summed E-state index contributed by atoms with van der Waals surface area (Å²) in [6.45, 7) is 1.12. The molecule has 1 heterocycles. The molecule has 27 heavy (non-hydrogen) atoms. The van der Waals surface area contributed by atoms with Gasteiger partial charge in [0.05, 0.1) is 14.2 Å². The molecule has 0 radical (unpaired) electrons. The standard InChI is InChI=1S/C18H24N4O5/c1-25-8-4-7-19-16(23)6-5-15-18(24)20-17(22-21-15)12-9-13(26-2)11-14(10-12)27-3/h9-11H,4-8H2,1-3H3,(H,19,23)(H,20,22,24). The molecule has 9 nitrogen and oxygen atoms in total. The zero-order valence-corrected chi connectivity index (χ0v) is 15.7. The van der Waals surface area contributed by atoms with Gasteiger partial charge in [0.1, 0.15) is 17.2 Å². The summed E-state index contributed by atoms with van der Waals surface area (Å²) < 4.78 is 15.3. The van der Waals surface area contributed by atoms with Crippen LogP contribution in [0, 0.1) is 0 Å². The molecular formula is C18H24N4O5. The second-order valence-corrected chi connectivity index (χ2v) is 5.75. The Kier molecular flexibility index (Phi) is 7.75. The predicted octanol–water partition coefficient (Wildman–Crippen LogP) is 0.934. The number of ether oxygens (including phenoxy) is 3.